The Labute approximate surface area is 119 Å². The van der Waals surface area contributed by atoms with E-state index < -0.39 is 0 Å². The number of hydrogen-bond donors (Lipinski definition) is 1. The molecule has 0 saturated carbocycles. The number of aromatic nitrogens is 2. The molecule has 2 rings (SSSR count). The first-order valence-electron chi connectivity index (χ1n) is 6.55. The summed E-state index contributed by atoms with van der Waals surface area (Å²) in [5, 5.41) is 4.57. The summed E-state index contributed by atoms with van der Waals surface area (Å²) in [7, 11) is 2.00. The second-order valence-corrected chi connectivity index (χ2v) is 6.21. The van der Waals surface area contributed by atoms with Crippen LogP contribution < -0.4 is 5.32 Å². The highest BCUT2D eigenvalue weighted by Crippen LogP contribution is 2.24. The van der Waals surface area contributed by atoms with Crippen LogP contribution in [0.3, 0.4) is 0 Å². The minimum Gasteiger partial charge on any atom is -0.313 e. The quantitative estimate of drug-likeness (QED) is 0.930. The molecule has 0 bridgehead atoms. The molecule has 0 aliphatic rings. The molecule has 0 spiro atoms. The van der Waals surface area contributed by atoms with Crippen molar-refractivity contribution in [1.82, 2.24) is 15.3 Å². The molecular formula is C15H21N3S. The van der Waals surface area contributed by atoms with Crippen LogP contribution in [0.5, 0.6) is 0 Å². The van der Waals surface area contributed by atoms with Crippen molar-refractivity contribution in [2.75, 3.05) is 7.05 Å². The molecule has 2 aromatic rings. The largest absolute Gasteiger partial charge is 0.313 e. The zero-order chi connectivity index (χ0) is 14.0. The maximum Gasteiger partial charge on any atom is 0.0949 e. The molecule has 2 heterocycles. The summed E-state index contributed by atoms with van der Waals surface area (Å²) in [5.74, 6) is 0. The second kappa shape index (κ2) is 5.80. The Morgan fingerprint density at radius 2 is 1.84 bits per heavy atom. The van der Waals surface area contributed by atoms with Crippen LogP contribution in [0.2, 0.25) is 0 Å². The van der Waals surface area contributed by atoms with Gasteiger partial charge < -0.3 is 5.32 Å². The van der Waals surface area contributed by atoms with Crippen LogP contribution in [-0.2, 0) is 6.42 Å². The highest BCUT2D eigenvalue weighted by molar-refractivity contribution is 7.11. The average molecular weight is 275 g/mol. The fourth-order valence-electron chi connectivity index (χ4n) is 2.23. The molecule has 0 saturated heterocycles. The predicted molar refractivity (Wildman–Crippen MR) is 80.8 cm³/mol. The molecule has 19 heavy (non-hydrogen) atoms. The van der Waals surface area contributed by atoms with E-state index >= 15 is 0 Å². The van der Waals surface area contributed by atoms with Crippen LogP contribution in [0.25, 0.3) is 0 Å². The van der Waals surface area contributed by atoms with E-state index in [2.05, 4.69) is 48.2 Å². The summed E-state index contributed by atoms with van der Waals surface area (Å²) in [6.45, 7) is 8.30. The summed E-state index contributed by atoms with van der Waals surface area (Å²) in [5.41, 5.74) is 4.58. The van der Waals surface area contributed by atoms with Gasteiger partial charge in [0.05, 0.1) is 10.7 Å². The van der Waals surface area contributed by atoms with Gasteiger partial charge in [-0.05, 0) is 46.4 Å². The first-order valence-corrected chi connectivity index (χ1v) is 7.37. The molecule has 0 radical (unpaired) electrons. The Kier molecular flexibility index (Phi) is 4.32. The fraction of sp³-hybridized carbons (Fsp3) is 0.467. The highest BCUT2D eigenvalue weighted by Gasteiger charge is 2.16. The molecule has 0 aromatic carbocycles. The maximum atomic E-state index is 4.63. The van der Waals surface area contributed by atoms with Crippen LogP contribution >= 0.6 is 11.3 Å². The summed E-state index contributed by atoms with van der Waals surface area (Å²) in [6.07, 6.45) is 0.918. The third kappa shape index (κ3) is 3.19. The number of nitrogens with zero attached hydrogens (tertiary/aromatic N) is 2. The van der Waals surface area contributed by atoms with Gasteiger partial charge in [-0.3, -0.25) is 4.98 Å². The van der Waals surface area contributed by atoms with Crippen LogP contribution in [0.15, 0.2) is 12.1 Å². The van der Waals surface area contributed by atoms with Crippen molar-refractivity contribution in [3.05, 3.63) is 44.7 Å². The molecule has 0 fully saturated rings. The van der Waals surface area contributed by atoms with Crippen molar-refractivity contribution >= 4 is 11.3 Å². The SMILES string of the molecule is CNC(Cc1nc(C)c(C)s1)c1ccc(C)nc1C. The molecule has 0 aliphatic carbocycles. The number of pyridine rings is 1. The summed E-state index contributed by atoms with van der Waals surface area (Å²) in [4.78, 5) is 10.5. The van der Waals surface area contributed by atoms with Gasteiger partial charge in [-0.2, -0.15) is 0 Å². The molecule has 1 N–H and O–H groups in total. The molecule has 3 nitrogen and oxygen atoms in total. The maximum absolute atomic E-state index is 4.63. The van der Waals surface area contributed by atoms with E-state index in [1.54, 1.807) is 11.3 Å². The van der Waals surface area contributed by atoms with Crippen LogP contribution in [0.1, 0.15) is 38.6 Å². The summed E-state index contributed by atoms with van der Waals surface area (Å²) < 4.78 is 0. The smallest absolute Gasteiger partial charge is 0.0949 e. The van der Waals surface area contributed by atoms with Gasteiger partial charge in [0.2, 0.25) is 0 Å². The monoisotopic (exact) mass is 275 g/mol. The first-order chi connectivity index (χ1) is 9.01. The van der Waals surface area contributed by atoms with Crippen LogP contribution in [-0.4, -0.2) is 17.0 Å². The van der Waals surface area contributed by atoms with Gasteiger partial charge in [0.15, 0.2) is 0 Å². The molecule has 4 heteroatoms. The van der Waals surface area contributed by atoms with Gasteiger partial charge in [-0.15, -0.1) is 11.3 Å². The van der Waals surface area contributed by atoms with Gasteiger partial charge in [0, 0.05) is 28.7 Å². The Morgan fingerprint density at radius 3 is 2.37 bits per heavy atom. The Balaban J connectivity index is 2.24. The Bertz CT molecular complexity index is 555. The van der Waals surface area contributed by atoms with E-state index in [1.807, 2.05) is 14.0 Å². The van der Waals surface area contributed by atoms with Gasteiger partial charge >= 0.3 is 0 Å². The molecule has 1 unspecified atom stereocenters. The molecule has 0 amide bonds. The van der Waals surface area contributed by atoms with Gasteiger partial charge in [0.25, 0.3) is 0 Å². The minimum atomic E-state index is 0.276. The van der Waals surface area contributed by atoms with Gasteiger partial charge in [0.1, 0.15) is 0 Å². The lowest BCUT2D eigenvalue weighted by molar-refractivity contribution is 0.583. The lowest BCUT2D eigenvalue weighted by Gasteiger charge is -2.17. The lowest BCUT2D eigenvalue weighted by atomic mass is 10.0. The van der Waals surface area contributed by atoms with E-state index in [9.17, 15) is 0 Å². The van der Waals surface area contributed by atoms with Crippen molar-refractivity contribution in [1.29, 1.82) is 0 Å². The molecule has 102 valence electrons. The number of likely N-dealkylation sites (N-methyl/N-ethyl adjacent to an activating group) is 1. The standard InChI is InChI=1S/C15H21N3S/c1-9-6-7-13(11(3)17-9)14(16-5)8-15-18-10(2)12(4)19-15/h6-7,14,16H,8H2,1-5H3. The minimum absolute atomic E-state index is 0.276. The molecule has 2 aromatic heterocycles. The van der Waals surface area contributed by atoms with Crippen molar-refractivity contribution in [3.63, 3.8) is 0 Å². The number of hydrogen-bond acceptors (Lipinski definition) is 4. The third-order valence-electron chi connectivity index (χ3n) is 3.44. The average Bonchev–Trinajstić information content (AvgIpc) is 2.66. The molecule has 1 atom stereocenters. The topological polar surface area (TPSA) is 37.8 Å². The number of rotatable bonds is 4. The zero-order valence-corrected chi connectivity index (χ0v) is 13.1. The van der Waals surface area contributed by atoms with E-state index in [1.165, 1.54) is 15.4 Å². The normalized spacial score (nSPS) is 12.7. The van der Waals surface area contributed by atoms with Crippen LogP contribution in [0, 0.1) is 27.7 Å². The summed E-state index contributed by atoms with van der Waals surface area (Å²) in [6, 6.07) is 4.52. The second-order valence-electron chi connectivity index (χ2n) is 4.92. The third-order valence-corrected chi connectivity index (χ3v) is 4.54. The summed E-state index contributed by atoms with van der Waals surface area (Å²) >= 11 is 1.79. The van der Waals surface area contributed by atoms with Crippen molar-refractivity contribution in [2.45, 2.75) is 40.2 Å². The molecule has 0 aliphatic heterocycles. The first kappa shape index (κ1) is 14.2. The van der Waals surface area contributed by atoms with E-state index in [0.717, 1.165) is 23.5 Å². The number of thiazole rings is 1. The Hall–Kier alpha value is -1.26. The van der Waals surface area contributed by atoms with Crippen LogP contribution in [0.4, 0.5) is 0 Å². The predicted octanol–water partition coefficient (Wildman–Crippen LogP) is 3.27. The van der Waals surface area contributed by atoms with Gasteiger partial charge in [-0.1, -0.05) is 6.07 Å². The lowest BCUT2D eigenvalue weighted by Crippen LogP contribution is -2.20. The molecular weight excluding hydrogens is 254 g/mol. The van der Waals surface area contributed by atoms with Crippen molar-refractivity contribution < 1.29 is 0 Å². The van der Waals surface area contributed by atoms with E-state index in [-0.39, 0.29) is 6.04 Å². The Morgan fingerprint density at radius 1 is 1.11 bits per heavy atom. The zero-order valence-electron chi connectivity index (χ0n) is 12.2. The van der Waals surface area contributed by atoms with Crippen molar-refractivity contribution in [2.24, 2.45) is 0 Å². The van der Waals surface area contributed by atoms with E-state index in [4.69, 9.17) is 0 Å². The van der Waals surface area contributed by atoms with Crippen molar-refractivity contribution in [3.8, 4) is 0 Å². The van der Waals surface area contributed by atoms with Gasteiger partial charge in [-0.25, -0.2) is 4.98 Å². The number of nitrogens with one attached hydrogen (secondary N) is 1. The highest BCUT2D eigenvalue weighted by atomic mass is 32.1. The fourth-order valence-corrected chi connectivity index (χ4v) is 3.21. The van der Waals surface area contributed by atoms with E-state index in [0.29, 0.717) is 0 Å². The number of aryl methyl sites for hydroxylation is 4.